The molecule has 1 aliphatic heterocycles. The minimum absolute atomic E-state index is 0.173. The number of nitrogens with one attached hydrogen (secondary N) is 1. The first-order valence-corrected chi connectivity index (χ1v) is 8.34. The molecule has 3 aromatic rings. The maximum atomic E-state index is 12.4. The van der Waals surface area contributed by atoms with Gasteiger partial charge in [0.05, 0.1) is 19.3 Å². The van der Waals surface area contributed by atoms with Crippen LogP contribution in [-0.4, -0.2) is 28.4 Å². The molecule has 1 aliphatic rings. The highest BCUT2D eigenvalue weighted by Gasteiger charge is 2.20. The molecule has 2 heterocycles. The SMILES string of the molecule is COc1cccc(C(=O)NC2=Nc3nc(-c4ccccc4)cc(=O)n3C2)c1. The number of aromatic nitrogens is 2. The third-order valence-corrected chi connectivity index (χ3v) is 4.19. The van der Waals surface area contributed by atoms with Gasteiger partial charge in [0.25, 0.3) is 11.5 Å². The molecule has 0 unspecified atom stereocenters. The zero-order valence-corrected chi connectivity index (χ0v) is 14.5. The average molecular weight is 360 g/mol. The number of carbonyl (C=O) groups excluding carboxylic acids is 1. The van der Waals surface area contributed by atoms with E-state index in [0.29, 0.717) is 22.8 Å². The zero-order chi connectivity index (χ0) is 18.8. The van der Waals surface area contributed by atoms with Gasteiger partial charge >= 0.3 is 0 Å². The second kappa shape index (κ2) is 6.87. The number of fused-ring (bicyclic) bond motifs is 1. The van der Waals surface area contributed by atoms with Crippen molar-refractivity contribution < 1.29 is 9.53 Å². The molecule has 0 aliphatic carbocycles. The van der Waals surface area contributed by atoms with Crippen LogP contribution in [0.15, 0.2) is 70.5 Å². The monoisotopic (exact) mass is 360 g/mol. The van der Waals surface area contributed by atoms with E-state index in [1.807, 2.05) is 30.3 Å². The average Bonchev–Trinajstić information content (AvgIpc) is 3.11. The Balaban J connectivity index is 1.59. The van der Waals surface area contributed by atoms with Crippen LogP contribution >= 0.6 is 0 Å². The van der Waals surface area contributed by atoms with E-state index in [9.17, 15) is 9.59 Å². The lowest BCUT2D eigenvalue weighted by molar-refractivity contribution is 0.0976. The lowest BCUT2D eigenvalue weighted by Gasteiger charge is -2.06. The van der Waals surface area contributed by atoms with Gasteiger partial charge in [-0.1, -0.05) is 36.4 Å². The van der Waals surface area contributed by atoms with Crippen LogP contribution in [0.1, 0.15) is 10.4 Å². The van der Waals surface area contributed by atoms with Crippen LogP contribution in [0.4, 0.5) is 5.95 Å². The summed E-state index contributed by atoms with van der Waals surface area (Å²) in [5.41, 5.74) is 1.62. The summed E-state index contributed by atoms with van der Waals surface area (Å²) in [5.74, 6) is 0.918. The maximum absolute atomic E-state index is 12.4. The molecule has 27 heavy (non-hydrogen) atoms. The lowest BCUT2D eigenvalue weighted by Crippen LogP contribution is -2.33. The molecule has 2 aromatic carbocycles. The normalized spacial score (nSPS) is 12.3. The van der Waals surface area contributed by atoms with Crippen LogP contribution < -0.4 is 15.6 Å². The predicted molar refractivity (Wildman–Crippen MR) is 101 cm³/mol. The van der Waals surface area contributed by atoms with Gasteiger partial charge in [0.15, 0.2) is 0 Å². The number of hydrogen-bond donors (Lipinski definition) is 1. The number of hydrogen-bond acceptors (Lipinski definition) is 5. The van der Waals surface area contributed by atoms with Crippen molar-refractivity contribution in [2.75, 3.05) is 7.11 Å². The smallest absolute Gasteiger partial charge is 0.256 e. The van der Waals surface area contributed by atoms with Crippen LogP contribution in [0, 0.1) is 0 Å². The van der Waals surface area contributed by atoms with Crippen LogP contribution in [0.3, 0.4) is 0 Å². The molecule has 1 N–H and O–H groups in total. The van der Waals surface area contributed by atoms with Crippen LogP contribution in [-0.2, 0) is 6.54 Å². The topological polar surface area (TPSA) is 85.6 Å². The highest BCUT2D eigenvalue weighted by molar-refractivity contribution is 6.07. The number of amidine groups is 1. The van der Waals surface area contributed by atoms with E-state index in [4.69, 9.17) is 4.74 Å². The second-order valence-corrected chi connectivity index (χ2v) is 5.98. The first-order chi connectivity index (χ1) is 13.1. The molecule has 0 spiro atoms. The number of rotatable bonds is 3. The molecule has 7 heteroatoms. The van der Waals surface area contributed by atoms with Crippen LogP contribution in [0.5, 0.6) is 5.75 Å². The molecule has 0 radical (unpaired) electrons. The third-order valence-electron chi connectivity index (χ3n) is 4.19. The van der Waals surface area contributed by atoms with Gasteiger partial charge in [-0.25, -0.2) is 4.98 Å². The molecule has 4 rings (SSSR count). The molecule has 0 saturated carbocycles. The summed E-state index contributed by atoms with van der Waals surface area (Å²) in [7, 11) is 1.54. The van der Waals surface area contributed by atoms with E-state index < -0.39 is 0 Å². The van der Waals surface area contributed by atoms with E-state index >= 15 is 0 Å². The quantitative estimate of drug-likeness (QED) is 0.777. The lowest BCUT2D eigenvalue weighted by atomic mass is 10.1. The summed E-state index contributed by atoms with van der Waals surface area (Å²) in [6.07, 6.45) is 0. The van der Waals surface area contributed by atoms with Crippen molar-refractivity contribution in [1.82, 2.24) is 14.9 Å². The minimum atomic E-state index is -0.322. The largest absolute Gasteiger partial charge is 0.497 e. The highest BCUT2D eigenvalue weighted by atomic mass is 16.5. The Kier molecular flexibility index (Phi) is 4.25. The van der Waals surface area contributed by atoms with Gasteiger partial charge in [-0.05, 0) is 18.2 Å². The molecular weight excluding hydrogens is 344 g/mol. The van der Waals surface area contributed by atoms with Crippen molar-refractivity contribution in [3.63, 3.8) is 0 Å². The maximum Gasteiger partial charge on any atom is 0.256 e. The fourth-order valence-electron chi connectivity index (χ4n) is 2.83. The standard InChI is InChI=1S/C20H16N4O3/c1-27-15-9-5-8-14(10-15)19(26)22-17-12-24-18(25)11-16(21-20(24)23-17)13-6-3-2-4-7-13/h2-11H,12H2,1H3,(H,21,22,23,26). The summed E-state index contributed by atoms with van der Waals surface area (Å²) in [6, 6.07) is 17.7. The van der Waals surface area contributed by atoms with Gasteiger partial charge in [-0.15, -0.1) is 0 Å². The van der Waals surface area contributed by atoms with Crippen molar-refractivity contribution >= 4 is 17.7 Å². The van der Waals surface area contributed by atoms with Crippen molar-refractivity contribution in [3.05, 3.63) is 76.6 Å². The molecule has 0 fully saturated rings. The summed E-state index contributed by atoms with van der Waals surface area (Å²) >= 11 is 0. The van der Waals surface area contributed by atoms with Crippen LogP contribution in [0.2, 0.25) is 0 Å². The van der Waals surface area contributed by atoms with Gasteiger partial charge in [0, 0.05) is 17.2 Å². The fraction of sp³-hybridized carbons (Fsp3) is 0.100. The molecule has 0 atom stereocenters. The van der Waals surface area contributed by atoms with Crippen molar-refractivity contribution in [1.29, 1.82) is 0 Å². The summed E-state index contributed by atoms with van der Waals surface area (Å²) in [5, 5.41) is 2.74. The second-order valence-electron chi connectivity index (χ2n) is 5.98. The molecule has 134 valence electrons. The minimum Gasteiger partial charge on any atom is -0.497 e. The Hall–Kier alpha value is -3.74. The van der Waals surface area contributed by atoms with E-state index in [1.54, 1.807) is 24.3 Å². The summed E-state index contributed by atoms with van der Waals surface area (Å²) in [6.45, 7) is 0.173. The molecule has 0 bridgehead atoms. The van der Waals surface area contributed by atoms with E-state index in [2.05, 4.69) is 15.3 Å². The number of ether oxygens (including phenoxy) is 1. The highest BCUT2D eigenvalue weighted by Crippen LogP contribution is 2.20. The van der Waals surface area contributed by atoms with Gasteiger partial charge in [-0.3, -0.25) is 14.2 Å². The number of nitrogens with zero attached hydrogens (tertiary/aromatic N) is 3. The van der Waals surface area contributed by atoms with E-state index in [0.717, 1.165) is 5.56 Å². The van der Waals surface area contributed by atoms with Gasteiger partial charge in [-0.2, -0.15) is 4.99 Å². The third kappa shape index (κ3) is 3.35. The van der Waals surface area contributed by atoms with Gasteiger partial charge in [0.2, 0.25) is 5.95 Å². The van der Waals surface area contributed by atoms with Crippen molar-refractivity contribution in [2.45, 2.75) is 6.54 Å². The number of benzene rings is 2. The summed E-state index contributed by atoms with van der Waals surface area (Å²) < 4.78 is 6.56. The Labute approximate surface area is 155 Å². The van der Waals surface area contributed by atoms with Crippen molar-refractivity contribution in [3.8, 4) is 17.0 Å². The number of methoxy groups -OCH3 is 1. The molecule has 0 saturated heterocycles. The Bertz CT molecular complexity index is 1100. The Morgan fingerprint density at radius 2 is 1.93 bits per heavy atom. The summed E-state index contributed by atoms with van der Waals surface area (Å²) in [4.78, 5) is 33.6. The molecular formula is C20H16N4O3. The number of aliphatic imine (C=N–C) groups is 1. The van der Waals surface area contributed by atoms with Crippen molar-refractivity contribution in [2.24, 2.45) is 4.99 Å². The fourth-order valence-corrected chi connectivity index (χ4v) is 2.83. The predicted octanol–water partition coefficient (Wildman–Crippen LogP) is 2.39. The Morgan fingerprint density at radius 3 is 2.70 bits per heavy atom. The number of amides is 1. The van der Waals surface area contributed by atoms with Gasteiger partial charge < -0.3 is 10.1 Å². The zero-order valence-electron chi connectivity index (χ0n) is 14.5. The first kappa shape index (κ1) is 16.7. The van der Waals surface area contributed by atoms with Gasteiger partial charge in [0.1, 0.15) is 11.6 Å². The molecule has 1 amide bonds. The van der Waals surface area contributed by atoms with Crippen LogP contribution in [0.25, 0.3) is 11.3 Å². The van der Waals surface area contributed by atoms with E-state index in [-0.39, 0.29) is 24.0 Å². The molecule has 7 nitrogen and oxygen atoms in total. The van der Waals surface area contributed by atoms with E-state index in [1.165, 1.54) is 17.7 Å². The number of carbonyl (C=O) groups is 1. The first-order valence-electron chi connectivity index (χ1n) is 8.34. The molecule has 1 aromatic heterocycles. The Morgan fingerprint density at radius 1 is 1.11 bits per heavy atom.